The normalized spacial score (nSPS) is 17.4. The molecule has 1 heterocycles. The van der Waals surface area contributed by atoms with E-state index >= 15 is 0 Å². The van der Waals surface area contributed by atoms with E-state index in [0.717, 1.165) is 38.3 Å². The third-order valence-corrected chi connectivity index (χ3v) is 3.36. The van der Waals surface area contributed by atoms with Gasteiger partial charge in [-0.05, 0) is 17.7 Å². The van der Waals surface area contributed by atoms with Crippen molar-refractivity contribution in [2.45, 2.75) is 6.54 Å². The van der Waals surface area contributed by atoms with Gasteiger partial charge in [0.1, 0.15) is 5.82 Å². The first-order valence-corrected chi connectivity index (χ1v) is 6.43. The van der Waals surface area contributed by atoms with Gasteiger partial charge in [0.05, 0.1) is 13.7 Å². The van der Waals surface area contributed by atoms with Gasteiger partial charge in [0.2, 0.25) is 0 Å². The minimum atomic E-state index is -0.202. The van der Waals surface area contributed by atoms with Gasteiger partial charge in [-0.15, -0.1) is 0 Å². The van der Waals surface area contributed by atoms with E-state index in [9.17, 15) is 9.18 Å². The van der Waals surface area contributed by atoms with Crippen molar-refractivity contribution in [1.82, 2.24) is 9.80 Å². The lowest BCUT2D eigenvalue weighted by atomic mass is 10.2. The first kappa shape index (κ1) is 14.0. The second kappa shape index (κ2) is 6.63. The lowest BCUT2D eigenvalue weighted by Gasteiger charge is -2.34. The fourth-order valence-corrected chi connectivity index (χ4v) is 2.20. The van der Waals surface area contributed by atoms with Crippen LogP contribution in [0.1, 0.15) is 5.56 Å². The Morgan fingerprint density at radius 2 is 1.74 bits per heavy atom. The Morgan fingerprint density at radius 1 is 1.16 bits per heavy atom. The van der Waals surface area contributed by atoms with Crippen LogP contribution in [0, 0.1) is 5.82 Å². The Labute approximate surface area is 112 Å². The molecule has 0 unspecified atom stereocenters. The fourth-order valence-electron chi connectivity index (χ4n) is 2.20. The van der Waals surface area contributed by atoms with Crippen molar-refractivity contribution in [3.8, 4) is 0 Å². The predicted octanol–water partition coefficient (Wildman–Crippen LogP) is 1.12. The van der Waals surface area contributed by atoms with Crippen LogP contribution in [0.2, 0.25) is 0 Å². The van der Waals surface area contributed by atoms with E-state index in [2.05, 4.69) is 14.5 Å². The number of hydrogen-bond acceptors (Lipinski definition) is 4. The zero-order chi connectivity index (χ0) is 13.7. The second-order valence-electron chi connectivity index (χ2n) is 4.75. The highest BCUT2D eigenvalue weighted by Crippen LogP contribution is 2.09. The number of carbonyl (C=O) groups excluding carboxylic acids is 1. The quantitative estimate of drug-likeness (QED) is 0.765. The minimum absolute atomic E-state index is 0.188. The number of methoxy groups -OCH3 is 1. The molecule has 2 rings (SSSR count). The molecule has 1 aliphatic rings. The maximum atomic E-state index is 12.8. The molecule has 4 nitrogen and oxygen atoms in total. The topological polar surface area (TPSA) is 32.8 Å². The van der Waals surface area contributed by atoms with Gasteiger partial charge in [-0.25, -0.2) is 4.39 Å². The lowest BCUT2D eigenvalue weighted by Crippen LogP contribution is -2.47. The molecule has 104 valence electrons. The highest BCUT2D eigenvalue weighted by atomic mass is 19.1. The summed E-state index contributed by atoms with van der Waals surface area (Å²) in [5.74, 6) is -0.390. The molecule has 1 aromatic carbocycles. The number of halogens is 1. The number of rotatable bonds is 4. The maximum absolute atomic E-state index is 12.8. The SMILES string of the molecule is COC(=O)CN1CCN(Cc2ccc(F)cc2)CC1. The molecule has 0 bridgehead atoms. The van der Waals surface area contributed by atoms with Gasteiger partial charge in [0.25, 0.3) is 0 Å². The number of carbonyl (C=O) groups is 1. The molecule has 19 heavy (non-hydrogen) atoms. The average Bonchev–Trinajstić information content (AvgIpc) is 2.43. The predicted molar refractivity (Wildman–Crippen MR) is 70.1 cm³/mol. The van der Waals surface area contributed by atoms with Crippen molar-refractivity contribution in [2.75, 3.05) is 39.8 Å². The van der Waals surface area contributed by atoms with Crippen molar-refractivity contribution in [1.29, 1.82) is 0 Å². The number of nitrogens with zero attached hydrogens (tertiary/aromatic N) is 2. The first-order chi connectivity index (χ1) is 9.17. The molecule has 0 radical (unpaired) electrons. The summed E-state index contributed by atoms with van der Waals surface area (Å²) >= 11 is 0. The van der Waals surface area contributed by atoms with E-state index in [1.165, 1.54) is 19.2 Å². The first-order valence-electron chi connectivity index (χ1n) is 6.43. The zero-order valence-electron chi connectivity index (χ0n) is 11.1. The minimum Gasteiger partial charge on any atom is -0.468 e. The van der Waals surface area contributed by atoms with Crippen molar-refractivity contribution >= 4 is 5.97 Å². The van der Waals surface area contributed by atoms with Crippen molar-refractivity contribution in [3.63, 3.8) is 0 Å². The van der Waals surface area contributed by atoms with Gasteiger partial charge in [-0.3, -0.25) is 14.6 Å². The molecule has 0 amide bonds. The smallest absolute Gasteiger partial charge is 0.319 e. The monoisotopic (exact) mass is 266 g/mol. The van der Waals surface area contributed by atoms with Crippen LogP contribution in [0.15, 0.2) is 24.3 Å². The highest BCUT2D eigenvalue weighted by Gasteiger charge is 2.19. The molecule has 0 aliphatic carbocycles. The Hall–Kier alpha value is -1.46. The van der Waals surface area contributed by atoms with E-state index < -0.39 is 0 Å². The lowest BCUT2D eigenvalue weighted by molar-refractivity contribution is -0.142. The molecule has 1 fully saturated rings. The summed E-state index contributed by atoms with van der Waals surface area (Å²) in [5, 5.41) is 0. The van der Waals surface area contributed by atoms with Gasteiger partial charge in [-0.2, -0.15) is 0 Å². The second-order valence-corrected chi connectivity index (χ2v) is 4.75. The van der Waals surface area contributed by atoms with E-state index in [1.54, 1.807) is 0 Å². The summed E-state index contributed by atoms with van der Waals surface area (Å²) in [7, 11) is 1.41. The third-order valence-electron chi connectivity index (χ3n) is 3.36. The summed E-state index contributed by atoms with van der Waals surface area (Å²) in [6.45, 7) is 4.72. The molecule has 1 saturated heterocycles. The average molecular weight is 266 g/mol. The van der Waals surface area contributed by atoms with Crippen molar-refractivity contribution < 1.29 is 13.9 Å². The summed E-state index contributed by atoms with van der Waals surface area (Å²) in [6, 6.07) is 6.61. The van der Waals surface area contributed by atoms with Crippen molar-refractivity contribution in [3.05, 3.63) is 35.6 Å². The summed E-state index contributed by atoms with van der Waals surface area (Å²) in [6.07, 6.45) is 0. The van der Waals surface area contributed by atoms with E-state index in [-0.39, 0.29) is 11.8 Å². The van der Waals surface area contributed by atoms with Gasteiger partial charge in [0.15, 0.2) is 0 Å². The van der Waals surface area contributed by atoms with Crippen LogP contribution in [0.25, 0.3) is 0 Å². The number of hydrogen-bond donors (Lipinski definition) is 0. The fraction of sp³-hybridized carbons (Fsp3) is 0.500. The number of ether oxygens (including phenoxy) is 1. The summed E-state index contributed by atoms with van der Waals surface area (Å²) in [4.78, 5) is 15.6. The van der Waals surface area contributed by atoms with Crippen LogP contribution in [0.4, 0.5) is 4.39 Å². The summed E-state index contributed by atoms with van der Waals surface area (Å²) in [5.41, 5.74) is 1.11. The van der Waals surface area contributed by atoms with Gasteiger partial charge < -0.3 is 4.74 Å². The van der Waals surface area contributed by atoms with Crippen LogP contribution in [-0.2, 0) is 16.1 Å². The summed E-state index contributed by atoms with van der Waals surface area (Å²) < 4.78 is 17.5. The van der Waals surface area contributed by atoms with Gasteiger partial charge in [-0.1, -0.05) is 12.1 Å². The molecule has 5 heteroatoms. The molecular weight excluding hydrogens is 247 g/mol. The molecule has 1 aromatic rings. The molecule has 0 spiro atoms. The number of benzene rings is 1. The Bertz CT molecular complexity index is 414. The zero-order valence-corrected chi connectivity index (χ0v) is 11.1. The van der Waals surface area contributed by atoms with Crippen LogP contribution >= 0.6 is 0 Å². The molecular formula is C14H19FN2O2. The van der Waals surface area contributed by atoms with E-state index in [0.29, 0.717) is 6.54 Å². The van der Waals surface area contributed by atoms with E-state index in [4.69, 9.17) is 0 Å². The molecule has 0 atom stereocenters. The Balaban J connectivity index is 1.77. The van der Waals surface area contributed by atoms with Crippen LogP contribution in [0.3, 0.4) is 0 Å². The molecule has 0 aromatic heterocycles. The Kier molecular flexibility index (Phi) is 4.87. The van der Waals surface area contributed by atoms with Crippen molar-refractivity contribution in [2.24, 2.45) is 0 Å². The molecule has 0 saturated carbocycles. The standard InChI is InChI=1S/C14H19FN2O2/c1-19-14(18)11-17-8-6-16(7-9-17)10-12-2-4-13(15)5-3-12/h2-5H,6-11H2,1H3. The largest absolute Gasteiger partial charge is 0.468 e. The van der Waals surface area contributed by atoms with Crippen LogP contribution < -0.4 is 0 Å². The van der Waals surface area contributed by atoms with Crippen LogP contribution in [0.5, 0.6) is 0 Å². The third kappa shape index (κ3) is 4.29. The maximum Gasteiger partial charge on any atom is 0.319 e. The number of piperazine rings is 1. The van der Waals surface area contributed by atoms with Gasteiger partial charge in [0, 0.05) is 32.7 Å². The highest BCUT2D eigenvalue weighted by molar-refractivity contribution is 5.71. The molecule has 0 N–H and O–H groups in total. The van der Waals surface area contributed by atoms with E-state index in [1.807, 2.05) is 12.1 Å². The van der Waals surface area contributed by atoms with Gasteiger partial charge >= 0.3 is 5.97 Å². The Morgan fingerprint density at radius 3 is 2.32 bits per heavy atom. The van der Waals surface area contributed by atoms with Crippen LogP contribution in [-0.4, -0.2) is 55.6 Å². The molecule has 1 aliphatic heterocycles. The number of esters is 1.